The molecule has 1 aromatic heterocycles. The van der Waals surface area contributed by atoms with Gasteiger partial charge in [0.2, 0.25) is 0 Å². The lowest BCUT2D eigenvalue weighted by molar-refractivity contribution is -0.137. The summed E-state index contributed by atoms with van der Waals surface area (Å²) in [6.07, 6.45) is -0.353. The number of aliphatic imine (C=N–C) groups is 1. The number of hydrogen-bond donors (Lipinski definition) is 2. The van der Waals surface area contributed by atoms with Crippen LogP contribution in [-0.4, -0.2) is 34.5 Å². The van der Waals surface area contributed by atoms with E-state index in [1.807, 2.05) is 6.07 Å². The van der Waals surface area contributed by atoms with Crippen LogP contribution in [0.4, 0.5) is 13.2 Å². The number of fused-ring (bicyclic) bond motifs is 1. The van der Waals surface area contributed by atoms with E-state index in [2.05, 4.69) is 32.6 Å². The van der Waals surface area contributed by atoms with Gasteiger partial charge in [-0.3, -0.25) is 4.99 Å². The molecule has 1 aliphatic rings. The van der Waals surface area contributed by atoms with Gasteiger partial charge in [-0.15, -0.1) is 0 Å². The van der Waals surface area contributed by atoms with Gasteiger partial charge < -0.3 is 11.1 Å². The van der Waals surface area contributed by atoms with Gasteiger partial charge in [-0.2, -0.15) is 23.4 Å². The summed E-state index contributed by atoms with van der Waals surface area (Å²) in [5.41, 5.74) is 7.45. The maximum absolute atomic E-state index is 12.7. The lowest BCUT2D eigenvalue weighted by Crippen LogP contribution is -2.37. The van der Waals surface area contributed by atoms with Gasteiger partial charge in [0.25, 0.3) is 0 Å². The number of rotatable bonds is 5. The first-order valence-electron chi connectivity index (χ1n) is 9.45. The van der Waals surface area contributed by atoms with E-state index in [-0.39, 0.29) is 11.3 Å². The van der Waals surface area contributed by atoms with Crippen molar-refractivity contribution in [1.29, 1.82) is 0 Å². The average Bonchev–Trinajstić information content (AvgIpc) is 3.21. The summed E-state index contributed by atoms with van der Waals surface area (Å²) in [5.74, 6) is 0. The number of hydrogen-bond acceptors (Lipinski definition) is 6. The number of amidine groups is 1. The average molecular weight is 431 g/mol. The minimum absolute atomic E-state index is 0.219. The number of alkyl halides is 3. The van der Waals surface area contributed by atoms with Crippen LogP contribution in [0.2, 0.25) is 0 Å². The van der Waals surface area contributed by atoms with Gasteiger partial charge in [0, 0.05) is 23.4 Å². The number of nitrogens with zero attached hydrogens (tertiary/aromatic N) is 3. The van der Waals surface area contributed by atoms with Gasteiger partial charge in [-0.1, -0.05) is 36.0 Å². The molecule has 5 nitrogen and oxygen atoms in total. The summed E-state index contributed by atoms with van der Waals surface area (Å²) < 4.78 is 38.0. The molecule has 0 amide bonds. The van der Waals surface area contributed by atoms with Gasteiger partial charge in [-0.05, 0) is 35.7 Å². The summed E-state index contributed by atoms with van der Waals surface area (Å²) in [4.78, 5) is 4.55. The molecule has 9 heteroatoms. The van der Waals surface area contributed by atoms with Crippen LogP contribution in [0.15, 0.2) is 59.9 Å². The number of aromatic nitrogens is 2. The zero-order chi connectivity index (χ0) is 21.1. The summed E-state index contributed by atoms with van der Waals surface area (Å²) in [7, 11) is 0. The molecule has 2 aromatic carbocycles. The SMILES string of the molecule is NC(CNC1=NCC(c2ccc3cnncc3c2)S1)Cc1ccc(C(F)(F)F)cc1. The first-order valence-corrected chi connectivity index (χ1v) is 10.3. The first-order chi connectivity index (χ1) is 14.4. The van der Waals surface area contributed by atoms with E-state index in [0.717, 1.165) is 33.6 Å². The van der Waals surface area contributed by atoms with Crippen molar-refractivity contribution < 1.29 is 13.2 Å². The minimum atomic E-state index is -4.32. The Morgan fingerprint density at radius 1 is 1.07 bits per heavy atom. The molecule has 0 radical (unpaired) electrons. The molecule has 30 heavy (non-hydrogen) atoms. The second-order valence-electron chi connectivity index (χ2n) is 7.17. The number of benzene rings is 2. The highest BCUT2D eigenvalue weighted by Crippen LogP contribution is 2.35. The summed E-state index contributed by atoms with van der Waals surface area (Å²) in [6.45, 7) is 1.16. The predicted octanol–water partition coefficient (Wildman–Crippen LogP) is 3.95. The molecule has 0 spiro atoms. The minimum Gasteiger partial charge on any atom is -0.363 e. The van der Waals surface area contributed by atoms with Crippen LogP contribution in [0.5, 0.6) is 0 Å². The van der Waals surface area contributed by atoms with E-state index in [4.69, 9.17) is 5.73 Å². The lowest BCUT2D eigenvalue weighted by atomic mass is 10.0. The molecule has 3 N–H and O–H groups in total. The number of nitrogens with two attached hydrogens (primary N) is 1. The Balaban J connectivity index is 1.28. The molecular formula is C21H20F3N5S. The molecular weight excluding hydrogens is 411 g/mol. The fourth-order valence-corrected chi connectivity index (χ4v) is 4.30. The van der Waals surface area contributed by atoms with E-state index in [0.29, 0.717) is 19.5 Å². The third kappa shape index (κ3) is 4.91. The second kappa shape index (κ2) is 8.61. The largest absolute Gasteiger partial charge is 0.416 e. The van der Waals surface area contributed by atoms with E-state index >= 15 is 0 Å². The molecule has 2 heterocycles. The highest BCUT2D eigenvalue weighted by Gasteiger charge is 2.30. The van der Waals surface area contributed by atoms with Crippen molar-refractivity contribution >= 4 is 27.7 Å². The number of halogens is 3. The molecule has 0 bridgehead atoms. The van der Waals surface area contributed by atoms with Gasteiger partial charge in [0.1, 0.15) is 0 Å². The lowest BCUT2D eigenvalue weighted by Gasteiger charge is -2.15. The Kier molecular flexibility index (Phi) is 5.92. The highest BCUT2D eigenvalue weighted by molar-refractivity contribution is 8.14. The van der Waals surface area contributed by atoms with Crippen LogP contribution in [-0.2, 0) is 12.6 Å². The zero-order valence-corrected chi connectivity index (χ0v) is 16.7. The van der Waals surface area contributed by atoms with E-state index in [9.17, 15) is 13.2 Å². The van der Waals surface area contributed by atoms with Crippen molar-refractivity contribution in [2.75, 3.05) is 13.1 Å². The van der Waals surface area contributed by atoms with Crippen LogP contribution >= 0.6 is 11.8 Å². The topological polar surface area (TPSA) is 76.2 Å². The summed E-state index contributed by atoms with van der Waals surface area (Å²) >= 11 is 1.65. The molecule has 3 aromatic rings. The van der Waals surface area contributed by atoms with Crippen LogP contribution < -0.4 is 11.1 Å². The van der Waals surface area contributed by atoms with Gasteiger partial charge >= 0.3 is 6.18 Å². The van der Waals surface area contributed by atoms with Crippen molar-refractivity contribution in [2.45, 2.75) is 23.9 Å². The van der Waals surface area contributed by atoms with Gasteiger partial charge in [-0.25, -0.2) is 0 Å². The Labute approximate surface area is 176 Å². The maximum Gasteiger partial charge on any atom is 0.416 e. The Bertz CT molecular complexity index is 1050. The van der Waals surface area contributed by atoms with Crippen LogP contribution in [0.3, 0.4) is 0 Å². The van der Waals surface area contributed by atoms with Crippen molar-refractivity contribution in [1.82, 2.24) is 15.5 Å². The maximum atomic E-state index is 12.7. The normalized spacial score (nSPS) is 17.7. The smallest absolute Gasteiger partial charge is 0.363 e. The van der Waals surface area contributed by atoms with Gasteiger partial charge in [0.15, 0.2) is 5.17 Å². The second-order valence-corrected chi connectivity index (χ2v) is 8.36. The predicted molar refractivity (Wildman–Crippen MR) is 113 cm³/mol. The molecule has 2 unspecified atom stereocenters. The molecule has 2 atom stereocenters. The monoisotopic (exact) mass is 431 g/mol. The molecule has 156 valence electrons. The molecule has 0 saturated heterocycles. The zero-order valence-electron chi connectivity index (χ0n) is 15.9. The summed E-state index contributed by atoms with van der Waals surface area (Å²) in [6, 6.07) is 11.1. The third-order valence-electron chi connectivity index (χ3n) is 4.89. The molecule has 0 fully saturated rings. The Morgan fingerprint density at radius 2 is 1.80 bits per heavy atom. The van der Waals surface area contributed by atoms with Crippen molar-refractivity contribution in [3.63, 3.8) is 0 Å². The fraction of sp³-hybridized carbons (Fsp3) is 0.286. The van der Waals surface area contributed by atoms with E-state index < -0.39 is 11.7 Å². The number of thioether (sulfide) groups is 1. The molecule has 1 aliphatic heterocycles. The first kappa shape index (κ1) is 20.6. The van der Waals surface area contributed by atoms with Crippen LogP contribution in [0.25, 0.3) is 10.8 Å². The quantitative estimate of drug-likeness (QED) is 0.640. The van der Waals surface area contributed by atoms with Crippen molar-refractivity contribution in [2.24, 2.45) is 10.7 Å². The molecule has 0 saturated carbocycles. The van der Waals surface area contributed by atoms with Crippen LogP contribution in [0.1, 0.15) is 21.9 Å². The standard InChI is InChI=1S/C21H20F3N5S/c22-21(23,24)17-5-1-13(2-6-17)7-18(25)11-26-20-27-12-19(30-20)14-3-4-15-9-28-29-10-16(15)8-14/h1-6,8-10,18-19H,7,11-12,25H2,(H,26,27). The number of nitrogens with one attached hydrogen (secondary N) is 1. The Hall–Kier alpha value is -2.65. The van der Waals surface area contributed by atoms with Crippen molar-refractivity contribution in [3.05, 3.63) is 71.5 Å². The van der Waals surface area contributed by atoms with Crippen LogP contribution in [0, 0.1) is 0 Å². The molecule has 4 rings (SSSR count). The fourth-order valence-electron chi connectivity index (χ4n) is 3.28. The summed E-state index contributed by atoms with van der Waals surface area (Å²) in [5, 5.41) is 14.2. The Morgan fingerprint density at radius 3 is 2.53 bits per heavy atom. The molecule has 0 aliphatic carbocycles. The van der Waals surface area contributed by atoms with Crippen molar-refractivity contribution in [3.8, 4) is 0 Å². The third-order valence-corrected chi connectivity index (χ3v) is 6.09. The van der Waals surface area contributed by atoms with E-state index in [1.54, 1.807) is 24.2 Å². The van der Waals surface area contributed by atoms with E-state index in [1.165, 1.54) is 17.7 Å². The highest BCUT2D eigenvalue weighted by atomic mass is 32.2. The van der Waals surface area contributed by atoms with Gasteiger partial charge in [0.05, 0.1) is 29.8 Å².